The van der Waals surface area contributed by atoms with Crippen LogP contribution in [0.5, 0.6) is 0 Å². The normalized spacial score (nSPS) is 10.0. The number of aromatic nitrogens is 1. The fourth-order valence-electron chi connectivity index (χ4n) is 1.47. The third-order valence-electron chi connectivity index (χ3n) is 2.19. The van der Waals surface area contributed by atoms with Crippen LogP contribution >= 0.6 is 0 Å². The second-order valence-electron chi connectivity index (χ2n) is 3.22. The summed E-state index contributed by atoms with van der Waals surface area (Å²) in [6.07, 6.45) is 1.46. The summed E-state index contributed by atoms with van der Waals surface area (Å²) in [5.74, 6) is 0. The Morgan fingerprint density at radius 3 is 2.50 bits per heavy atom. The quantitative estimate of drug-likeness (QED) is 0.615. The molecule has 16 heavy (non-hydrogen) atoms. The van der Waals surface area contributed by atoms with Crippen LogP contribution in [-0.4, -0.2) is 9.91 Å². The first-order valence-electron chi connectivity index (χ1n) is 4.64. The van der Waals surface area contributed by atoms with Gasteiger partial charge in [0.05, 0.1) is 4.92 Å². The molecule has 2 rings (SSSR count). The predicted octanol–water partition coefficient (Wildman–Crippen LogP) is 2.24. The van der Waals surface area contributed by atoms with Gasteiger partial charge in [-0.2, -0.15) is 0 Å². The zero-order chi connectivity index (χ0) is 11.5. The Hall–Kier alpha value is -2.43. The van der Waals surface area contributed by atoms with E-state index >= 15 is 0 Å². The number of benzene rings is 1. The number of rotatable bonds is 2. The van der Waals surface area contributed by atoms with Gasteiger partial charge in [-0.05, 0) is 6.07 Å². The Morgan fingerprint density at radius 1 is 1.19 bits per heavy atom. The molecule has 0 saturated carbocycles. The van der Waals surface area contributed by atoms with E-state index < -0.39 is 4.92 Å². The minimum absolute atomic E-state index is 0.124. The molecule has 0 fully saturated rings. The molecule has 1 aromatic heterocycles. The van der Waals surface area contributed by atoms with Gasteiger partial charge in [-0.25, -0.2) is 4.98 Å². The summed E-state index contributed by atoms with van der Waals surface area (Å²) in [5, 5.41) is 10.9. The fraction of sp³-hybridized carbons (Fsp3) is 0. The first kappa shape index (κ1) is 10.1. The van der Waals surface area contributed by atoms with Gasteiger partial charge in [-0.3, -0.25) is 10.1 Å². The van der Waals surface area contributed by atoms with Crippen LogP contribution in [0, 0.1) is 10.1 Å². The van der Waals surface area contributed by atoms with Crippen LogP contribution in [0.4, 0.5) is 11.4 Å². The van der Waals surface area contributed by atoms with E-state index in [9.17, 15) is 10.1 Å². The number of nitrogen functional groups attached to an aromatic ring is 1. The molecule has 0 aliphatic heterocycles. The fourth-order valence-corrected chi connectivity index (χ4v) is 1.47. The third kappa shape index (κ3) is 1.70. The molecule has 0 radical (unpaired) electrons. The summed E-state index contributed by atoms with van der Waals surface area (Å²) < 4.78 is 0. The second kappa shape index (κ2) is 3.98. The Balaban J connectivity index is 2.66. The van der Waals surface area contributed by atoms with E-state index in [2.05, 4.69) is 4.98 Å². The molecule has 0 unspecified atom stereocenters. The van der Waals surface area contributed by atoms with Crippen molar-refractivity contribution in [3.63, 3.8) is 0 Å². The third-order valence-corrected chi connectivity index (χ3v) is 2.19. The van der Waals surface area contributed by atoms with Crippen molar-refractivity contribution >= 4 is 11.4 Å². The summed E-state index contributed by atoms with van der Waals surface area (Å²) in [7, 11) is 0. The van der Waals surface area contributed by atoms with Gasteiger partial charge in [-0.15, -0.1) is 0 Å². The average molecular weight is 215 g/mol. The minimum Gasteiger partial charge on any atom is -0.393 e. The van der Waals surface area contributed by atoms with E-state index in [4.69, 9.17) is 5.73 Å². The van der Waals surface area contributed by atoms with Crippen LogP contribution in [0.2, 0.25) is 0 Å². The average Bonchev–Trinajstić information content (AvgIpc) is 2.29. The van der Waals surface area contributed by atoms with E-state index in [-0.39, 0.29) is 11.4 Å². The molecule has 0 atom stereocenters. The summed E-state index contributed by atoms with van der Waals surface area (Å²) in [5.41, 5.74) is 6.54. The zero-order valence-corrected chi connectivity index (χ0v) is 8.33. The van der Waals surface area contributed by atoms with Gasteiger partial charge in [0.25, 0.3) is 0 Å². The van der Waals surface area contributed by atoms with Gasteiger partial charge in [-0.1, -0.05) is 30.3 Å². The highest BCUT2D eigenvalue weighted by molar-refractivity contribution is 5.77. The van der Waals surface area contributed by atoms with Gasteiger partial charge in [0.2, 0.25) is 0 Å². The van der Waals surface area contributed by atoms with Gasteiger partial charge in [0.1, 0.15) is 11.4 Å². The molecule has 1 aromatic carbocycles. The molecule has 2 aromatic rings. The van der Waals surface area contributed by atoms with Crippen LogP contribution in [-0.2, 0) is 0 Å². The molecular formula is C11H9N3O2. The van der Waals surface area contributed by atoms with Crippen LogP contribution in [0.25, 0.3) is 11.3 Å². The topological polar surface area (TPSA) is 82.0 Å². The van der Waals surface area contributed by atoms with E-state index in [0.29, 0.717) is 11.3 Å². The van der Waals surface area contributed by atoms with Crippen molar-refractivity contribution in [3.05, 3.63) is 52.7 Å². The molecule has 0 spiro atoms. The van der Waals surface area contributed by atoms with Crippen molar-refractivity contribution in [3.8, 4) is 11.3 Å². The SMILES string of the molecule is Nc1ccnc(-c2ccccc2)c1[N+](=O)[O-]. The summed E-state index contributed by atoms with van der Waals surface area (Å²) >= 11 is 0. The first-order chi connectivity index (χ1) is 7.70. The van der Waals surface area contributed by atoms with Gasteiger partial charge < -0.3 is 5.73 Å². The van der Waals surface area contributed by atoms with E-state index in [1.807, 2.05) is 6.07 Å². The number of nitrogens with zero attached hydrogens (tertiary/aromatic N) is 2. The zero-order valence-electron chi connectivity index (χ0n) is 8.33. The van der Waals surface area contributed by atoms with Crippen molar-refractivity contribution in [2.75, 3.05) is 5.73 Å². The lowest BCUT2D eigenvalue weighted by atomic mass is 10.1. The van der Waals surface area contributed by atoms with Crippen molar-refractivity contribution in [1.29, 1.82) is 0 Å². The van der Waals surface area contributed by atoms with Gasteiger partial charge in [0.15, 0.2) is 0 Å². The van der Waals surface area contributed by atoms with E-state index in [1.54, 1.807) is 24.3 Å². The molecule has 0 aliphatic rings. The molecule has 5 heteroatoms. The summed E-state index contributed by atoms with van der Waals surface area (Å²) in [4.78, 5) is 14.4. The molecular weight excluding hydrogens is 206 g/mol. The van der Waals surface area contributed by atoms with Crippen LogP contribution < -0.4 is 5.73 Å². The molecule has 2 N–H and O–H groups in total. The Kier molecular flexibility index (Phi) is 2.51. The number of anilines is 1. The molecule has 5 nitrogen and oxygen atoms in total. The number of hydrogen-bond acceptors (Lipinski definition) is 4. The van der Waals surface area contributed by atoms with Crippen molar-refractivity contribution in [2.45, 2.75) is 0 Å². The number of pyridine rings is 1. The highest BCUT2D eigenvalue weighted by atomic mass is 16.6. The van der Waals surface area contributed by atoms with Gasteiger partial charge in [0, 0.05) is 11.8 Å². The monoisotopic (exact) mass is 215 g/mol. The van der Waals surface area contributed by atoms with Crippen LogP contribution in [0.15, 0.2) is 42.6 Å². The molecule has 1 heterocycles. The lowest BCUT2D eigenvalue weighted by molar-refractivity contribution is -0.383. The Bertz CT molecular complexity index is 526. The van der Waals surface area contributed by atoms with E-state index in [1.165, 1.54) is 12.3 Å². The van der Waals surface area contributed by atoms with Crippen LogP contribution in [0.1, 0.15) is 0 Å². The Morgan fingerprint density at radius 2 is 1.88 bits per heavy atom. The molecule has 0 amide bonds. The van der Waals surface area contributed by atoms with Gasteiger partial charge >= 0.3 is 5.69 Å². The van der Waals surface area contributed by atoms with Crippen molar-refractivity contribution in [2.24, 2.45) is 0 Å². The highest BCUT2D eigenvalue weighted by Gasteiger charge is 2.19. The highest BCUT2D eigenvalue weighted by Crippen LogP contribution is 2.31. The standard InChI is InChI=1S/C11H9N3O2/c12-9-6-7-13-10(11(9)14(15)16)8-4-2-1-3-5-8/h1-7H,(H2,12,13). The van der Waals surface area contributed by atoms with Crippen LogP contribution in [0.3, 0.4) is 0 Å². The molecule has 0 bridgehead atoms. The molecule has 0 saturated heterocycles. The van der Waals surface area contributed by atoms with Crippen molar-refractivity contribution in [1.82, 2.24) is 4.98 Å². The predicted molar refractivity (Wildman–Crippen MR) is 60.7 cm³/mol. The summed E-state index contributed by atoms with van der Waals surface area (Å²) in [6, 6.07) is 10.4. The number of nitro groups is 1. The maximum Gasteiger partial charge on any atom is 0.318 e. The second-order valence-corrected chi connectivity index (χ2v) is 3.22. The maximum absolute atomic E-state index is 10.9. The molecule has 0 aliphatic carbocycles. The van der Waals surface area contributed by atoms with E-state index in [0.717, 1.165) is 0 Å². The number of hydrogen-bond donors (Lipinski definition) is 1. The summed E-state index contributed by atoms with van der Waals surface area (Å²) in [6.45, 7) is 0. The smallest absolute Gasteiger partial charge is 0.318 e. The first-order valence-corrected chi connectivity index (χ1v) is 4.64. The largest absolute Gasteiger partial charge is 0.393 e. The number of nitrogens with two attached hydrogens (primary N) is 1. The minimum atomic E-state index is -0.509. The lowest BCUT2D eigenvalue weighted by Gasteiger charge is -2.03. The molecule has 80 valence electrons. The van der Waals surface area contributed by atoms with Crippen molar-refractivity contribution < 1.29 is 4.92 Å². The lowest BCUT2D eigenvalue weighted by Crippen LogP contribution is -1.99. The Labute approximate surface area is 91.7 Å². The maximum atomic E-state index is 10.9.